The number of hydrogen-bond acceptors (Lipinski definition) is 5. The van der Waals surface area contributed by atoms with Crippen LogP contribution in [-0.4, -0.2) is 37.6 Å². The first-order chi connectivity index (χ1) is 10.1. The number of carbonyl (C=O) groups is 1. The lowest BCUT2D eigenvalue weighted by Gasteiger charge is -2.25. The van der Waals surface area contributed by atoms with Gasteiger partial charge in [0.1, 0.15) is 0 Å². The molecule has 21 heavy (non-hydrogen) atoms. The normalized spacial score (nSPS) is 21.2. The molecule has 1 heterocycles. The van der Waals surface area contributed by atoms with Crippen molar-refractivity contribution in [2.24, 2.45) is 5.41 Å². The van der Waals surface area contributed by atoms with E-state index < -0.39 is 10.3 Å². The van der Waals surface area contributed by atoms with Gasteiger partial charge in [0.25, 0.3) is 5.69 Å². The number of ether oxygens (including phenoxy) is 1. The number of rotatable bonds is 6. The minimum Gasteiger partial charge on any atom is -0.384 e. The number of amides is 1. The van der Waals surface area contributed by atoms with Crippen LogP contribution >= 0.6 is 0 Å². The highest BCUT2D eigenvalue weighted by Crippen LogP contribution is 2.26. The Kier molecular flexibility index (Phi) is 4.87. The first-order valence-corrected chi connectivity index (χ1v) is 6.79. The predicted molar refractivity (Wildman–Crippen MR) is 76.7 cm³/mol. The molecule has 0 aromatic heterocycles. The van der Waals surface area contributed by atoms with Gasteiger partial charge in [0.2, 0.25) is 5.91 Å². The standard InChI is InChI=1S/C14H19N3O4/c1-21-10-14(6-7-15-9-14)13(18)16-8-11-4-2-3-5-12(11)17(19)20/h2-5,15H,6-10H2,1H3,(H,16,18). The smallest absolute Gasteiger partial charge is 0.274 e. The largest absolute Gasteiger partial charge is 0.384 e. The highest BCUT2D eigenvalue weighted by atomic mass is 16.6. The van der Waals surface area contributed by atoms with E-state index >= 15 is 0 Å². The summed E-state index contributed by atoms with van der Waals surface area (Å²) >= 11 is 0. The summed E-state index contributed by atoms with van der Waals surface area (Å²) in [6.45, 7) is 1.80. The monoisotopic (exact) mass is 293 g/mol. The zero-order valence-corrected chi connectivity index (χ0v) is 11.9. The fraction of sp³-hybridized carbons (Fsp3) is 0.500. The van der Waals surface area contributed by atoms with Gasteiger partial charge in [-0.25, -0.2) is 0 Å². The topological polar surface area (TPSA) is 93.5 Å². The van der Waals surface area contributed by atoms with Crippen LogP contribution in [0.25, 0.3) is 0 Å². The van der Waals surface area contributed by atoms with Gasteiger partial charge < -0.3 is 15.4 Å². The number of para-hydroxylation sites is 1. The molecule has 0 saturated carbocycles. The Hall–Kier alpha value is -1.99. The fourth-order valence-electron chi connectivity index (χ4n) is 2.60. The van der Waals surface area contributed by atoms with E-state index in [9.17, 15) is 14.9 Å². The molecular formula is C14H19N3O4. The molecule has 1 aromatic rings. The van der Waals surface area contributed by atoms with Gasteiger partial charge in [0.15, 0.2) is 0 Å². The van der Waals surface area contributed by atoms with Gasteiger partial charge in [-0.2, -0.15) is 0 Å². The Morgan fingerprint density at radius 3 is 2.90 bits per heavy atom. The van der Waals surface area contributed by atoms with E-state index in [1.54, 1.807) is 25.3 Å². The van der Waals surface area contributed by atoms with Crippen LogP contribution in [0.15, 0.2) is 24.3 Å². The van der Waals surface area contributed by atoms with E-state index in [0.29, 0.717) is 25.1 Å². The Bertz CT molecular complexity index is 527. The Morgan fingerprint density at radius 2 is 2.29 bits per heavy atom. The molecule has 114 valence electrons. The number of nitrogens with zero attached hydrogens (tertiary/aromatic N) is 1. The molecule has 1 aliphatic heterocycles. The van der Waals surface area contributed by atoms with Crippen LogP contribution in [0.4, 0.5) is 5.69 Å². The molecular weight excluding hydrogens is 274 g/mol. The minimum absolute atomic E-state index is 0.0168. The molecule has 1 atom stereocenters. The molecule has 7 heteroatoms. The molecule has 2 rings (SSSR count). The lowest BCUT2D eigenvalue weighted by atomic mass is 9.87. The van der Waals surface area contributed by atoms with Crippen molar-refractivity contribution >= 4 is 11.6 Å². The summed E-state index contributed by atoms with van der Waals surface area (Å²) in [6.07, 6.45) is 0.698. The highest BCUT2D eigenvalue weighted by molar-refractivity contribution is 5.83. The zero-order chi connectivity index (χ0) is 15.3. The molecule has 1 unspecified atom stereocenters. The SMILES string of the molecule is COCC1(C(=O)NCc2ccccc2[N+](=O)[O-])CCNC1. The predicted octanol–water partition coefficient (Wildman–Crippen LogP) is 0.837. The summed E-state index contributed by atoms with van der Waals surface area (Å²) < 4.78 is 5.16. The number of methoxy groups -OCH3 is 1. The molecule has 1 aromatic carbocycles. The molecule has 0 bridgehead atoms. The quantitative estimate of drug-likeness (QED) is 0.599. The number of hydrogen-bond donors (Lipinski definition) is 2. The van der Waals surface area contributed by atoms with Crippen LogP contribution in [0, 0.1) is 15.5 Å². The fourth-order valence-corrected chi connectivity index (χ4v) is 2.60. The van der Waals surface area contributed by atoms with Crippen molar-refractivity contribution in [3.8, 4) is 0 Å². The summed E-state index contributed by atoms with van der Waals surface area (Å²) in [6, 6.07) is 6.41. The first kappa shape index (κ1) is 15.4. The Morgan fingerprint density at radius 1 is 1.52 bits per heavy atom. The third-order valence-corrected chi connectivity index (χ3v) is 3.77. The zero-order valence-electron chi connectivity index (χ0n) is 11.9. The number of carbonyl (C=O) groups excluding carboxylic acids is 1. The van der Waals surface area contributed by atoms with Gasteiger partial charge in [-0.3, -0.25) is 14.9 Å². The van der Waals surface area contributed by atoms with Gasteiger partial charge in [0.05, 0.1) is 16.9 Å². The molecule has 1 aliphatic rings. The van der Waals surface area contributed by atoms with Crippen LogP contribution in [-0.2, 0) is 16.1 Å². The number of benzene rings is 1. The molecule has 7 nitrogen and oxygen atoms in total. The molecule has 0 aliphatic carbocycles. The van der Waals surface area contributed by atoms with Crippen molar-refractivity contribution < 1.29 is 14.5 Å². The third-order valence-electron chi connectivity index (χ3n) is 3.77. The maximum absolute atomic E-state index is 12.4. The lowest BCUT2D eigenvalue weighted by Crippen LogP contribution is -2.45. The number of nitro benzene ring substituents is 1. The first-order valence-electron chi connectivity index (χ1n) is 6.79. The van der Waals surface area contributed by atoms with Crippen LogP contribution in [0.3, 0.4) is 0 Å². The molecule has 1 saturated heterocycles. The van der Waals surface area contributed by atoms with E-state index in [1.165, 1.54) is 6.07 Å². The van der Waals surface area contributed by atoms with E-state index in [4.69, 9.17) is 4.74 Å². The molecule has 0 spiro atoms. The van der Waals surface area contributed by atoms with Crippen LogP contribution in [0.5, 0.6) is 0 Å². The number of nitro groups is 1. The van der Waals surface area contributed by atoms with Crippen molar-refractivity contribution in [2.45, 2.75) is 13.0 Å². The summed E-state index contributed by atoms with van der Waals surface area (Å²) in [5.41, 5.74) is -0.0734. The van der Waals surface area contributed by atoms with Crippen LogP contribution < -0.4 is 10.6 Å². The Labute approximate surface area is 122 Å². The van der Waals surface area contributed by atoms with E-state index in [1.807, 2.05) is 0 Å². The summed E-state index contributed by atoms with van der Waals surface area (Å²) in [4.78, 5) is 22.9. The molecule has 1 amide bonds. The molecule has 0 radical (unpaired) electrons. The summed E-state index contributed by atoms with van der Waals surface area (Å²) in [5, 5.41) is 16.9. The minimum atomic E-state index is -0.585. The van der Waals surface area contributed by atoms with Crippen molar-refractivity contribution in [1.29, 1.82) is 0 Å². The van der Waals surface area contributed by atoms with Crippen LogP contribution in [0.1, 0.15) is 12.0 Å². The van der Waals surface area contributed by atoms with Crippen molar-refractivity contribution in [1.82, 2.24) is 10.6 Å². The summed E-state index contributed by atoms with van der Waals surface area (Å²) in [5.74, 6) is -0.132. The van der Waals surface area contributed by atoms with E-state index in [2.05, 4.69) is 10.6 Å². The Balaban J connectivity index is 2.05. The van der Waals surface area contributed by atoms with Crippen molar-refractivity contribution in [3.63, 3.8) is 0 Å². The van der Waals surface area contributed by atoms with Gasteiger partial charge in [-0.1, -0.05) is 18.2 Å². The summed E-state index contributed by atoms with van der Waals surface area (Å²) in [7, 11) is 1.56. The highest BCUT2D eigenvalue weighted by Gasteiger charge is 2.41. The second-order valence-electron chi connectivity index (χ2n) is 5.21. The molecule has 1 fully saturated rings. The van der Waals surface area contributed by atoms with Gasteiger partial charge in [-0.05, 0) is 13.0 Å². The maximum Gasteiger partial charge on any atom is 0.274 e. The van der Waals surface area contributed by atoms with Crippen molar-refractivity contribution in [2.75, 3.05) is 26.8 Å². The lowest BCUT2D eigenvalue weighted by molar-refractivity contribution is -0.385. The van der Waals surface area contributed by atoms with Gasteiger partial charge in [0, 0.05) is 31.8 Å². The second kappa shape index (κ2) is 6.64. The van der Waals surface area contributed by atoms with E-state index in [0.717, 1.165) is 6.54 Å². The maximum atomic E-state index is 12.4. The van der Waals surface area contributed by atoms with Crippen molar-refractivity contribution in [3.05, 3.63) is 39.9 Å². The molecule has 2 N–H and O–H groups in total. The second-order valence-corrected chi connectivity index (χ2v) is 5.21. The number of nitrogens with one attached hydrogen (secondary N) is 2. The van der Waals surface area contributed by atoms with Crippen LogP contribution in [0.2, 0.25) is 0 Å². The average molecular weight is 293 g/mol. The average Bonchev–Trinajstić information content (AvgIpc) is 2.95. The van der Waals surface area contributed by atoms with E-state index in [-0.39, 0.29) is 18.1 Å². The van der Waals surface area contributed by atoms with Gasteiger partial charge in [-0.15, -0.1) is 0 Å². The third kappa shape index (κ3) is 3.37. The van der Waals surface area contributed by atoms with Gasteiger partial charge >= 0.3 is 0 Å².